The van der Waals surface area contributed by atoms with E-state index in [2.05, 4.69) is 16.0 Å². The summed E-state index contributed by atoms with van der Waals surface area (Å²) < 4.78 is 0. The molecule has 1 heterocycles. The lowest BCUT2D eigenvalue weighted by Crippen LogP contribution is -2.46. The normalized spacial score (nSPS) is 20.0. The van der Waals surface area contributed by atoms with Crippen molar-refractivity contribution in [1.29, 1.82) is 0 Å². The van der Waals surface area contributed by atoms with Crippen molar-refractivity contribution in [3.8, 4) is 11.1 Å². The Balaban J connectivity index is 1.26. The van der Waals surface area contributed by atoms with Gasteiger partial charge in [-0.1, -0.05) is 24.3 Å². The molecule has 0 unspecified atom stereocenters. The van der Waals surface area contributed by atoms with Gasteiger partial charge in [0, 0.05) is 43.3 Å². The average Bonchev–Trinajstić information content (AvgIpc) is 3.74. The van der Waals surface area contributed by atoms with E-state index in [0.29, 0.717) is 43.3 Å². The lowest BCUT2D eigenvalue weighted by molar-refractivity contribution is -0.124. The van der Waals surface area contributed by atoms with Crippen LogP contribution in [0.1, 0.15) is 46.4 Å². The quantitative estimate of drug-likeness (QED) is 0.689. The summed E-state index contributed by atoms with van der Waals surface area (Å²) >= 11 is 0. The third kappa shape index (κ3) is 4.39. The fourth-order valence-electron chi connectivity index (χ4n) is 4.15. The van der Waals surface area contributed by atoms with Crippen LogP contribution < -0.4 is 16.0 Å². The molecule has 5 rings (SSSR count). The maximum absolute atomic E-state index is 13.1. The standard InChI is InChI=1S/C25H28N4O3/c30-22(28-21-8-9-21)20-3-1-2-19(16-20)17-4-6-18(7-5-17)23(31)29-14-12-26-24(32)25(10-11-25)27-13-15-29/h1-7,16,21,27H,8-15H2,(H,26,32)(H,28,30). The van der Waals surface area contributed by atoms with Gasteiger partial charge in [0.2, 0.25) is 5.91 Å². The van der Waals surface area contributed by atoms with Crippen LogP contribution in [0.15, 0.2) is 48.5 Å². The number of carbonyl (C=O) groups is 3. The molecule has 2 aromatic rings. The fourth-order valence-corrected chi connectivity index (χ4v) is 4.15. The third-order valence-electron chi connectivity index (χ3n) is 6.49. The average molecular weight is 433 g/mol. The van der Waals surface area contributed by atoms with Gasteiger partial charge in [0.1, 0.15) is 0 Å². The second-order valence-electron chi connectivity index (χ2n) is 8.96. The van der Waals surface area contributed by atoms with Crippen LogP contribution in [-0.2, 0) is 4.79 Å². The number of nitrogens with zero attached hydrogens (tertiary/aromatic N) is 1. The second kappa shape index (κ2) is 8.39. The van der Waals surface area contributed by atoms with E-state index in [-0.39, 0.29) is 17.7 Å². The minimum Gasteiger partial charge on any atom is -0.353 e. The molecule has 3 aliphatic rings. The monoisotopic (exact) mass is 432 g/mol. The van der Waals surface area contributed by atoms with Crippen molar-refractivity contribution in [2.75, 3.05) is 26.2 Å². The van der Waals surface area contributed by atoms with Crippen molar-refractivity contribution in [1.82, 2.24) is 20.9 Å². The zero-order valence-corrected chi connectivity index (χ0v) is 18.0. The molecule has 0 aromatic heterocycles. The number of rotatable bonds is 4. The van der Waals surface area contributed by atoms with Crippen LogP contribution in [0.4, 0.5) is 0 Å². The number of nitrogens with one attached hydrogen (secondary N) is 3. The van der Waals surface area contributed by atoms with Crippen molar-refractivity contribution < 1.29 is 14.4 Å². The Kier molecular flexibility index (Phi) is 5.43. The molecule has 1 aliphatic heterocycles. The number of hydrogen-bond donors (Lipinski definition) is 3. The van der Waals surface area contributed by atoms with Crippen LogP contribution in [0, 0.1) is 0 Å². The molecule has 7 nitrogen and oxygen atoms in total. The van der Waals surface area contributed by atoms with Crippen molar-refractivity contribution in [2.24, 2.45) is 0 Å². The Morgan fingerprint density at radius 2 is 1.69 bits per heavy atom. The number of carbonyl (C=O) groups excluding carboxylic acids is 3. The molecule has 7 heteroatoms. The van der Waals surface area contributed by atoms with Gasteiger partial charge in [-0.15, -0.1) is 0 Å². The predicted molar refractivity (Wildman–Crippen MR) is 121 cm³/mol. The molecule has 2 aliphatic carbocycles. The van der Waals surface area contributed by atoms with Crippen LogP contribution in [0.5, 0.6) is 0 Å². The highest BCUT2D eigenvalue weighted by molar-refractivity contribution is 5.97. The summed E-state index contributed by atoms with van der Waals surface area (Å²) in [6.45, 7) is 2.12. The predicted octanol–water partition coefficient (Wildman–Crippen LogP) is 1.94. The van der Waals surface area contributed by atoms with Crippen LogP contribution in [-0.4, -0.2) is 60.4 Å². The van der Waals surface area contributed by atoms with Crippen molar-refractivity contribution in [3.63, 3.8) is 0 Å². The minimum absolute atomic E-state index is 0.0390. The van der Waals surface area contributed by atoms with Crippen LogP contribution in [0.2, 0.25) is 0 Å². The summed E-state index contributed by atoms with van der Waals surface area (Å²) in [5.74, 6) is -0.0380. The molecule has 1 saturated heterocycles. The van der Waals surface area contributed by atoms with E-state index in [1.807, 2.05) is 48.5 Å². The first-order valence-electron chi connectivity index (χ1n) is 11.4. The molecule has 3 fully saturated rings. The van der Waals surface area contributed by atoms with E-state index in [1.165, 1.54) is 0 Å². The summed E-state index contributed by atoms with van der Waals surface area (Å²) in [4.78, 5) is 39.4. The number of hydrogen-bond acceptors (Lipinski definition) is 4. The Labute approximate surface area is 187 Å². The molecular formula is C25H28N4O3. The first-order valence-corrected chi connectivity index (χ1v) is 11.4. The Hall–Kier alpha value is -3.19. The van der Waals surface area contributed by atoms with Crippen molar-refractivity contribution >= 4 is 17.7 Å². The summed E-state index contributed by atoms with van der Waals surface area (Å²) in [6, 6.07) is 15.4. The number of amides is 3. The van der Waals surface area contributed by atoms with Gasteiger partial charge < -0.3 is 20.9 Å². The molecular weight excluding hydrogens is 404 g/mol. The highest BCUT2D eigenvalue weighted by Gasteiger charge is 2.49. The first-order chi connectivity index (χ1) is 15.5. The van der Waals surface area contributed by atoms with Crippen LogP contribution in [0.25, 0.3) is 11.1 Å². The minimum atomic E-state index is -0.412. The van der Waals surface area contributed by atoms with E-state index in [9.17, 15) is 14.4 Å². The van der Waals surface area contributed by atoms with Gasteiger partial charge in [-0.3, -0.25) is 14.4 Å². The second-order valence-corrected chi connectivity index (χ2v) is 8.96. The molecule has 0 bridgehead atoms. The Morgan fingerprint density at radius 3 is 2.41 bits per heavy atom. The summed E-state index contributed by atoms with van der Waals surface area (Å²) in [5, 5.41) is 9.28. The molecule has 0 atom stereocenters. The molecule has 32 heavy (non-hydrogen) atoms. The molecule has 2 saturated carbocycles. The maximum Gasteiger partial charge on any atom is 0.253 e. The maximum atomic E-state index is 13.1. The van der Waals surface area contributed by atoms with Gasteiger partial charge in [-0.25, -0.2) is 0 Å². The molecule has 3 N–H and O–H groups in total. The fraction of sp³-hybridized carbons (Fsp3) is 0.400. The zero-order chi connectivity index (χ0) is 22.1. The van der Waals surface area contributed by atoms with Crippen molar-refractivity contribution in [3.05, 3.63) is 59.7 Å². The number of benzene rings is 2. The smallest absolute Gasteiger partial charge is 0.253 e. The van der Waals surface area contributed by atoms with E-state index in [4.69, 9.17) is 0 Å². The van der Waals surface area contributed by atoms with Gasteiger partial charge >= 0.3 is 0 Å². The molecule has 166 valence electrons. The van der Waals surface area contributed by atoms with E-state index >= 15 is 0 Å². The van der Waals surface area contributed by atoms with Gasteiger partial charge in [0.25, 0.3) is 11.8 Å². The summed E-state index contributed by atoms with van der Waals surface area (Å²) in [7, 11) is 0. The van der Waals surface area contributed by atoms with E-state index in [1.54, 1.807) is 4.90 Å². The first kappa shape index (κ1) is 20.7. The van der Waals surface area contributed by atoms with Crippen LogP contribution >= 0.6 is 0 Å². The lowest BCUT2D eigenvalue weighted by atomic mass is 10.0. The van der Waals surface area contributed by atoms with Crippen molar-refractivity contribution in [2.45, 2.75) is 37.3 Å². The topological polar surface area (TPSA) is 90.5 Å². The highest BCUT2D eigenvalue weighted by Crippen LogP contribution is 2.35. The zero-order valence-electron chi connectivity index (χ0n) is 18.0. The van der Waals surface area contributed by atoms with Gasteiger partial charge in [-0.05, 0) is 61.1 Å². The highest BCUT2D eigenvalue weighted by atomic mass is 16.2. The largest absolute Gasteiger partial charge is 0.353 e. The molecule has 3 amide bonds. The lowest BCUT2D eigenvalue weighted by Gasteiger charge is -2.22. The third-order valence-corrected chi connectivity index (χ3v) is 6.49. The van der Waals surface area contributed by atoms with E-state index < -0.39 is 5.54 Å². The molecule has 2 aromatic carbocycles. The molecule has 1 spiro atoms. The Morgan fingerprint density at radius 1 is 0.938 bits per heavy atom. The SMILES string of the molecule is O=C(NC1CC1)c1cccc(-c2ccc(C(=O)N3CCNC(=O)C4(CC4)NCC3)cc2)c1. The van der Waals surface area contributed by atoms with Gasteiger partial charge in [0.05, 0.1) is 5.54 Å². The van der Waals surface area contributed by atoms with Crippen LogP contribution in [0.3, 0.4) is 0 Å². The Bertz CT molecular complexity index is 1040. The van der Waals surface area contributed by atoms with Gasteiger partial charge in [-0.2, -0.15) is 0 Å². The van der Waals surface area contributed by atoms with E-state index in [0.717, 1.165) is 36.8 Å². The molecule has 0 radical (unpaired) electrons. The summed E-state index contributed by atoms with van der Waals surface area (Å²) in [5.41, 5.74) is 2.75. The summed E-state index contributed by atoms with van der Waals surface area (Å²) in [6.07, 6.45) is 3.83. The van der Waals surface area contributed by atoms with Gasteiger partial charge in [0.15, 0.2) is 0 Å².